The van der Waals surface area contributed by atoms with Gasteiger partial charge in [0.1, 0.15) is 12.0 Å². The summed E-state index contributed by atoms with van der Waals surface area (Å²) >= 11 is 0. The van der Waals surface area contributed by atoms with Crippen LogP contribution in [-0.2, 0) is 0 Å². The van der Waals surface area contributed by atoms with Gasteiger partial charge in [-0.15, -0.1) is 0 Å². The highest BCUT2D eigenvalue weighted by molar-refractivity contribution is 5.66. The maximum Gasteiger partial charge on any atom is 0.140 e. The van der Waals surface area contributed by atoms with Gasteiger partial charge in [-0.05, 0) is 31.0 Å². The molecule has 4 rings (SSSR count). The molecule has 0 aliphatic carbocycles. The molecular weight excluding hydrogens is 288 g/mol. The molecule has 114 valence electrons. The summed E-state index contributed by atoms with van der Waals surface area (Å²) in [7, 11) is 0. The second-order valence-electron chi connectivity index (χ2n) is 5.62. The predicted molar refractivity (Wildman–Crippen MR) is 89.4 cm³/mol. The highest BCUT2D eigenvalue weighted by Gasteiger charge is 2.12. The van der Waals surface area contributed by atoms with Crippen molar-refractivity contribution in [2.75, 3.05) is 5.73 Å². The second kappa shape index (κ2) is 4.95. The van der Waals surface area contributed by atoms with E-state index in [1.165, 1.54) is 11.9 Å². The lowest BCUT2D eigenvalue weighted by Crippen LogP contribution is -1.99. The number of nitrogens with zero attached hydrogens (tertiary/aromatic N) is 5. The summed E-state index contributed by atoms with van der Waals surface area (Å²) in [6, 6.07) is 6.13. The molecule has 0 amide bonds. The molecule has 0 spiro atoms. The Morgan fingerprint density at radius 2 is 1.74 bits per heavy atom. The van der Waals surface area contributed by atoms with Gasteiger partial charge in [0.05, 0.1) is 11.4 Å². The van der Waals surface area contributed by atoms with Crippen molar-refractivity contribution in [1.29, 1.82) is 0 Å². The predicted octanol–water partition coefficient (Wildman–Crippen LogP) is 2.78. The van der Waals surface area contributed by atoms with Crippen molar-refractivity contribution in [1.82, 2.24) is 24.1 Å². The van der Waals surface area contributed by atoms with Gasteiger partial charge in [-0.25, -0.2) is 14.5 Å². The van der Waals surface area contributed by atoms with Gasteiger partial charge in [0, 0.05) is 42.1 Å². The Morgan fingerprint density at radius 1 is 0.957 bits per heavy atom. The fourth-order valence-electron chi connectivity index (χ4n) is 2.77. The van der Waals surface area contributed by atoms with E-state index in [0.717, 1.165) is 33.8 Å². The monoisotopic (exact) mass is 304 g/mol. The largest absolute Gasteiger partial charge is 0.398 e. The molecule has 0 fully saturated rings. The number of hydrogen-bond donors (Lipinski definition) is 1. The first-order valence-corrected chi connectivity index (χ1v) is 7.33. The van der Waals surface area contributed by atoms with Crippen molar-refractivity contribution in [3.05, 3.63) is 60.4 Å². The lowest BCUT2D eigenvalue weighted by molar-refractivity contribution is 0.966. The fraction of sp³-hybridized carbons (Fsp3) is 0.118. The maximum absolute atomic E-state index is 6.08. The zero-order valence-corrected chi connectivity index (χ0v) is 12.9. The van der Waals surface area contributed by atoms with Crippen LogP contribution < -0.4 is 5.73 Å². The van der Waals surface area contributed by atoms with Crippen LogP contribution in [0.4, 0.5) is 5.69 Å². The van der Waals surface area contributed by atoms with Crippen LogP contribution >= 0.6 is 0 Å². The summed E-state index contributed by atoms with van der Waals surface area (Å²) in [4.78, 5) is 8.10. The topological polar surface area (TPSA) is 74.0 Å². The third-order valence-electron chi connectivity index (χ3n) is 4.02. The Labute approximate surface area is 133 Å². The average Bonchev–Trinajstić information content (AvgIpc) is 3.12. The van der Waals surface area contributed by atoms with Crippen molar-refractivity contribution in [2.45, 2.75) is 13.8 Å². The molecule has 6 nitrogen and oxygen atoms in total. The van der Waals surface area contributed by atoms with E-state index < -0.39 is 0 Å². The zero-order chi connectivity index (χ0) is 16.0. The van der Waals surface area contributed by atoms with Gasteiger partial charge < -0.3 is 5.73 Å². The van der Waals surface area contributed by atoms with Gasteiger partial charge in [-0.1, -0.05) is 6.07 Å². The molecule has 3 heterocycles. The van der Waals surface area contributed by atoms with Crippen LogP contribution in [0.2, 0.25) is 0 Å². The van der Waals surface area contributed by atoms with E-state index in [0.29, 0.717) is 0 Å². The van der Waals surface area contributed by atoms with Gasteiger partial charge in [-0.2, -0.15) is 5.10 Å². The Morgan fingerprint density at radius 3 is 2.52 bits per heavy atom. The minimum Gasteiger partial charge on any atom is -0.398 e. The van der Waals surface area contributed by atoms with Gasteiger partial charge in [0.25, 0.3) is 0 Å². The third-order valence-corrected chi connectivity index (χ3v) is 4.02. The summed E-state index contributed by atoms with van der Waals surface area (Å²) in [5.41, 5.74) is 12.9. The molecule has 0 aliphatic rings. The fourth-order valence-corrected chi connectivity index (χ4v) is 2.77. The zero-order valence-electron chi connectivity index (χ0n) is 12.9. The van der Waals surface area contributed by atoms with E-state index in [-0.39, 0.29) is 0 Å². The summed E-state index contributed by atoms with van der Waals surface area (Å²) in [5, 5.41) is 4.58. The average molecular weight is 304 g/mol. The lowest BCUT2D eigenvalue weighted by atomic mass is 10.1. The Balaban J connectivity index is 1.89. The van der Waals surface area contributed by atoms with Gasteiger partial charge in [-0.3, -0.25) is 4.57 Å². The number of rotatable bonds is 2. The first-order valence-electron chi connectivity index (χ1n) is 7.33. The number of imidazole rings is 1. The standard InChI is InChI=1S/C17H16N6/c1-11-5-12(2)16(6-14(11)18)22-3-4-23-17(22)7-15(21-23)13-8-19-10-20-9-13/h3-10H,18H2,1-2H3. The first kappa shape index (κ1) is 13.5. The minimum atomic E-state index is 0.786. The summed E-state index contributed by atoms with van der Waals surface area (Å²) < 4.78 is 3.93. The quantitative estimate of drug-likeness (QED) is 0.578. The Kier molecular flexibility index (Phi) is 2.90. The molecule has 0 atom stereocenters. The van der Waals surface area contributed by atoms with Crippen LogP contribution in [-0.4, -0.2) is 24.1 Å². The van der Waals surface area contributed by atoms with Crippen LogP contribution in [0.15, 0.2) is 49.3 Å². The molecule has 0 radical (unpaired) electrons. The van der Waals surface area contributed by atoms with Crippen LogP contribution in [0.1, 0.15) is 11.1 Å². The summed E-state index contributed by atoms with van der Waals surface area (Å²) in [6.07, 6.45) is 8.95. The van der Waals surface area contributed by atoms with Crippen molar-refractivity contribution in [2.24, 2.45) is 0 Å². The van der Waals surface area contributed by atoms with Gasteiger partial charge in [0.15, 0.2) is 0 Å². The highest BCUT2D eigenvalue weighted by Crippen LogP contribution is 2.25. The molecule has 0 aliphatic heterocycles. The number of aryl methyl sites for hydroxylation is 2. The van der Waals surface area contributed by atoms with E-state index in [1.54, 1.807) is 12.4 Å². The van der Waals surface area contributed by atoms with Crippen molar-refractivity contribution < 1.29 is 0 Å². The summed E-state index contributed by atoms with van der Waals surface area (Å²) in [6.45, 7) is 4.10. The molecule has 0 saturated heterocycles. The number of aromatic nitrogens is 5. The molecule has 4 aromatic rings. The lowest BCUT2D eigenvalue weighted by Gasteiger charge is -2.11. The number of nitrogens with two attached hydrogens (primary N) is 1. The molecule has 6 heteroatoms. The second-order valence-corrected chi connectivity index (χ2v) is 5.62. The van der Waals surface area contributed by atoms with Crippen LogP contribution in [0.3, 0.4) is 0 Å². The number of fused-ring (bicyclic) bond motifs is 1. The van der Waals surface area contributed by atoms with Crippen molar-refractivity contribution >= 4 is 11.3 Å². The SMILES string of the molecule is Cc1cc(C)c(-n2ccn3nc(-c4cncnc4)cc23)cc1N. The number of benzene rings is 1. The highest BCUT2D eigenvalue weighted by atomic mass is 15.3. The van der Waals surface area contributed by atoms with Crippen molar-refractivity contribution in [3.8, 4) is 16.9 Å². The van der Waals surface area contributed by atoms with E-state index >= 15 is 0 Å². The third kappa shape index (κ3) is 2.15. The van der Waals surface area contributed by atoms with E-state index in [1.807, 2.05) is 36.0 Å². The smallest absolute Gasteiger partial charge is 0.140 e. The molecule has 0 unspecified atom stereocenters. The van der Waals surface area contributed by atoms with Crippen LogP contribution in [0.25, 0.3) is 22.6 Å². The maximum atomic E-state index is 6.08. The van der Waals surface area contributed by atoms with E-state index in [4.69, 9.17) is 5.73 Å². The number of nitrogen functional groups attached to an aromatic ring is 1. The number of hydrogen-bond acceptors (Lipinski definition) is 4. The van der Waals surface area contributed by atoms with E-state index in [2.05, 4.69) is 32.6 Å². The Bertz CT molecular complexity index is 997. The van der Waals surface area contributed by atoms with Gasteiger partial charge >= 0.3 is 0 Å². The van der Waals surface area contributed by atoms with Gasteiger partial charge in [0.2, 0.25) is 0 Å². The summed E-state index contributed by atoms with van der Waals surface area (Å²) in [5.74, 6) is 0. The van der Waals surface area contributed by atoms with E-state index in [9.17, 15) is 0 Å². The molecule has 23 heavy (non-hydrogen) atoms. The number of anilines is 1. The molecule has 2 N–H and O–H groups in total. The van der Waals surface area contributed by atoms with Crippen molar-refractivity contribution in [3.63, 3.8) is 0 Å². The molecule has 1 aromatic carbocycles. The van der Waals surface area contributed by atoms with Crippen LogP contribution in [0, 0.1) is 13.8 Å². The minimum absolute atomic E-state index is 0.786. The molecule has 0 bridgehead atoms. The Hall–Kier alpha value is -3.15. The molecule has 3 aromatic heterocycles. The van der Waals surface area contributed by atoms with Crippen LogP contribution in [0.5, 0.6) is 0 Å². The molecule has 0 saturated carbocycles. The first-order chi connectivity index (χ1) is 11.1. The normalized spacial score (nSPS) is 11.2. The molecular formula is C17H16N6.